The predicted octanol–water partition coefficient (Wildman–Crippen LogP) is 7.41. The van der Waals surface area contributed by atoms with Gasteiger partial charge in [-0.15, -0.1) is 11.3 Å². The van der Waals surface area contributed by atoms with E-state index in [1.165, 1.54) is 41.9 Å². The summed E-state index contributed by atoms with van der Waals surface area (Å²) in [6.07, 6.45) is 9.35. The van der Waals surface area contributed by atoms with E-state index in [-0.39, 0.29) is 5.41 Å². The van der Waals surface area contributed by atoms with E-state index in [0.29, 0.717) is 23.0 Å². The van der Waals surface area contributed by atoms with Gasteiger partial charge in [0, 0.05) is 32.7 Å². The number of carbonyl (C=O) groups is 1. The van der Waals surface area contributed by atoms with Crippen LogP contribution in [0.5, 0.6) is 0 Å². The number of thiazole rings is 1. The summed E-state index contributed by atoms with van der Waals surface area (Å²) >= 11 is 5.51. The van der Waals surface area contributed by atoms with Crippen molar-refractivity contribution in [2.45, 2.75) is 71.1 Å². The van der Waals surface area contributed by atoms with Crippen LogP contribution in [0.3, 0.4) is 0 Å². The number of hydrogen-bond donors (Lipinski definition) is 0. The fourth-order valence-electron chi connectivity index (χ4n) is 7.94. The Labute approximate surface area is 192 Å². The highest BCUT2D eigenvalue weighted by atomic mass is 79.9. The van der Waals surface area contributed by atoms with E-state index in [1.54, 1.807) is 4.88 Å². The standard InChI is InChI=1S/C26H30BrNOS/c1-25-14-12-21-23(30-24(28-21)15-3-5-16(27)6-4-15)20(25)8-7-17-18-9-10-22(29)26(18,2)13-11-19(17)25/h3-6,17-20H,7-14H2,1-2H3/t17-,18-,19-,20?,25+,26-/m0/s1. The molecule has 30 heavy (non-hydrogen) atoms. The summed E-state index contributed by atoms with van der Waals surface area (Å²) in [6, 6.07) is 8.60. The van der Waals surface area contributed by atoms with Crippen LogP contribution in [-0.2, 0) is 11.2 Å². The molecule has 0 N–H and O–H groups in total. The minimum atomic E-state index is -0.0105. The maximum Gasteiger partial charge on any atom is 0.139 e. The lowest BCUT2D eigenvalue weighted by Crippen LogP contribution is -2.52. The Morgan fingerprint density at radius 1 is 1.00 bits per heavy atom. The molecule has 158 valence electrons. The van der Waals surface area contributed by atoms with Crippen molar-refractivity contribution in [2.75, 3.05) is 0 Å². The smallest absolute Gasteiger partial charge is 0.139 e. The maximum absolute atomic E-state index is 12.7. The van der Waals surface area contributed by atoms with Crippen LogP contribution >= 0.6 is 27.3 Å². The van der Waals surface area contributed by atoms with Crippen LogP contribution in [0.25, 0.3) is 10.6 Å². The lowest BCUT2D eigenvalue weighted by atomic mass is 9.46. The van der Waals surface area contributed by atoms with Gasteiger partial charge >= 0.3 is 0 Å². The van der Waals surface area contributed by atoms with Crippen molar-refractivity contribution in [3.05, 3.63) is 39.3 Å². The SMILES string of the molecule is C[C@]12CCc3nc(-c4ccc(Br)cc4)sc3C1CC[C@@H]1[C@@H]2CC[C@]2(C)C(=O)CC[C@@H]12. The molecule has 3 fully saturated rings. The van der Waals surface area contributed by atoms with Crippen molar-refractivity contribution in [1.82, 2.24) is 4.98 Å². The number of hydrogen-bond acceptors (Lipinski definition) is 3. The molecule has 6 atom stereocenters. The highest BCUT2D eigenvalue weighted by Crippen LogP contribution is 2.67. The molecule has 2 aromatic rings. The molecule has 0 radical (unpaired) electrons. The van der Waals surface area contributed by atoms with Gasteiger partial charge < -0.3 is 0 Å². The van der Waals surface area contributed by atoms with Crippen LogP contribution in [0.2, 0.25) is 0 Å². The van der Waals surface area contributed by atoms with Gasteiger partial charge in [0.25, 0.3) is 0 Å². The van der Waals surface area contributed by atoms with Crippen molar-refractivity contribution in [3.8, 4) is 10.6 Å². The summed E-state index contributed by atoms with van der Waals surface area (Å²) in [6.45, 7) is 4.89. The van der Waals surface area contributed by atoms with E-state index in [0.717, 1.165) is 42.0 Å². The Morgan fingerprint density at radius 2 is 1.80 bits per heavy atom. The third kappa shape index (κ3) is 2.65. The van der Waals surface area contributed by atoms with E-state index in [4.69, 9.17) is 4.98 Å². The highest BCUT2D eigenvalue weighted by molar-refractivity contribution is 9.10. The number of carbonyl (C=O) groups excluding carboxylic acids is 1. The van der Waals surface area contributed by atoms with Crippen LogP contribution in [-0.4, -0.2) is 10.8 Å². The number of rotatable bonds is 1. The lowest BCUT2D eigenvalue weighted by Gasteiger charge is -2.59. The highest BCUT2D eigenvalue weighted by Gasteiger charge is 2.60. The summed E-state index contributed by atoms with van der Waals surface area (Å²) in [4.78, 5) is 19.4. The van der Waals surface area contributed by atoms with Crippen LogP contribution in [0.1, 0.15) is 75.3 Å². The second-order valence-electron chi connectivity index (χ2n) is 10.8. The minimum absolute atomic E-state index is 0.0105. The van der Waals surface area contributed by atoms with Gasteiger partial charge in [-0.05, 0) is 80.2 Å². The van der Waals surface area contributed by atoms with Crippen molar-refractivity contribution in [1.29, 1.82) is 0 Å². The zero-order chi connectivity index (χ0) is 20.7. The summed E-state index contributed by atoms with van der Waals surface area (Å²) in [5.74, 6) is 3.41. The molecule has 4 heteroatoms. The van der Waals surface area contributed by atoms with Crippen molar-refractivity contribution < 1.29 is 4.79 Å². The Kier molecular flexibility index (Phi) is 4.42. The Bertz CT molecular complexity index is 1010. The van der Waals surface area contributed by atoms with Crippen LogP contribution < -0.4 is 0 Å². The van der Waals surface area contributed by atoms with E-state index in [9.17, 15) is 4.79 Å². The molecule has 3 saturated carbocycles. The van der Waals surface area contributed by atoms with Gasteiger partial charge in [-0.2, -0.15) is 0 Å². The van der Waals surface area contributed by atoms with Crippen molar-refractivity contribution in [2.24, 2.45) is 28.6 Å². The first-order valence-electron chi connectivity index (χ1n) is 11.7. The Morgan fingerprint density at radius 3 is 2.60 bits per heavy atom. The molecule has 1 unspecified atom stereocenters. The third-order valence-electron chi connectivity index (χ3n) is 9.61. The number of ketones is 1. The molecule has 1 heterocycles. The molecule has 4 aliphatic carbocycles. The molecule has 0 aliphatic heterocycles. The van der Waals surface area contributed by atoms with Crippen molar-refractivity contribution >= 4 is 33.0 Å². The fourth-order valence-corrected chi connectivity index (χ4v) is 9.61. The van der Waals surface area contributed by atoms with Crippen LogP contribution in [0.4, 0.5) is 0 Å². The number of aryl methyl sites for hydroxylation is 1. The van der Waals surface area contributed by atoms with Gasteiger partial charge in [-0.1, -0.05) is 41.9 Å². The molecule has 0 bridgehead atoms. The zero-order valence-corrected chi connectivity index (χ0v) is 20.3. The maximum atomic E-state index is 12.7. The summed E-state index contributed by atoms with van der Waals surface area (Å²) < 4.78 is 1.12. The Balaban J connectivity index is 1.34. The van der Waals surface area contributed by atoms with Gasteiger partial charge in [-0.3, -0.25) is 4.79 Å². The minimum Gasteiger partial charge on any atom is -0.299 e. The van der Waals surface area contributed by atoms with Gasteiger partial charge in [0.15, 0.2) is 0 Å². The molecular formula is C26H30BrNOS. The second kappa shape index (κ2) is 6.75. The summed E-state index contributed by atoms with van der Waals surface area (Å²) in [5, 5.41) is 1.19. The average molecular weight is 485 g/mol. The topological polar surface area (TPSA) is 30.0 Å². The monoisotopic (exact) mass is 483 g/mol. The normalized spacial score (nSPS) is 39.8. The predicted molar refractivity (Wildman–Crippen MR) is 126 cm³/mol. The van der Waals surface area contributed by atoms with E-state index >= 15 is 0 Å². The van der Waals surface area contributed by atoms with Crippen LogP contribution in [0.15, 0.2) is 28.7 Å². The largest absolute Gasteiger partial charge is 0.299 e. The quantitative estimate of drug-likeness (QED) is 0.422. The lowest BCUT2D eigenvalue weighted by molar-refractivity contribution is -0.134. The molecule has 1 aromatic heterocycles. The first-order chi connectivity index (χ1) is 14.4. The van der Waals surface area contributed by atoms with Gasteiger partial charge in [0.1, 0.15) is 10.8 Å². The number of Topliss-reactive ketones (excluding diaryl/α,β-unsaturated/α-hetero) is 1. The first kappa shape index (κ1) is 19.7. The van der Waals surface area contributed by atoms with Crippen LogP contribution in [0, 0.1) is 28.6 Å². The second-order valence-corrected chi connectivity index (χ2v) is 12.7. The molecule has 1 aromatic carbocycles. The molecule has 0 saturated heterocycles. The van der Waals surface area contributed by atoms with Gasteiger partial charge in [0.05, 0.1) is 5.69 Å². The number of fused-ring (bicyclic) bond motifs is 7. The molecule has 0 spiro atoms. The van der Waals surface area contributed by atoms with Gasteiger partial charge in [0.2, 0.25) is 0 Å². The number of aromatic nitrogens is 1. The third-order valence-corrected chi connectivity index (χ3v) is 11.4. The molecular weight excluding hydrogens is 454 g/mol. The fraction of sp³-hybridized carbons (Fsp3) is 0.615. The number of benzene rings is 1. The molecule has 0 amide bonds. The van der Waals surface area contributed by atoms with E-state index in [2.05, 4.69) is 54.0 Å². The number of nitrogens with zero attached hydrogens (tertiary/aromatic N) is 1. The van der Waals surface area contributed by atoms with Gasteiger partial charge in [-0.25, -0.2) is 4.98 Å². The van der Waals surface area contributed by atoms with Crippen molar-refractivity contribution in [3.63, 3.8) is 0 Å². The van der Waals surface area contributed by atoms with E-state index < -0.39 is 0 Å². The zero-order valence-electron chi connectivity index (χ0n) is 17.9. The number of halogens is 1. The molecule has 4 aliphatic rings. The average Bonchev–Trinajstić information content (AvgIpc) is 3.29. The molecule has 2 nitrogen and oxygen atoms in total. The summed E-state index contributed by atoms with van der Waals surface area (Å²) in [7, 11) is 0. The Hall–Kier alpha value is -1.00. The van der Waals surface area contributed by atoms with E-state index in [1.807, 2.05) is 11.3 Å². The molecule has 6 rings (SSSR count). The first-order valence-corrected chi connectivity index (χ1v) is 13.3. The summed E-state index contributed by atoms with van der Waals surface area (Å²) in [5.41, 5.74) is 2.98.